The molecule has 80 valence electrons. The molecule has 1 N–H and O–H groups in total. The highest BCUT2D eigenvalue weighted by Gasteiger charge is 2.46. The number of ether oxygens (including phenoxy) is 1. The summed E-state index contributed by atoms with van der Waals surface area (Å²) < 4.78 is 4.93. The van der Waals surface area contributed by atoms with Gasteiger partial charge in [-0.2, -0.15) is 0 Å². The zero-order chi connectivity index (χ0) is 10.0. The van der Waals surface area contributed by atoms with Crippen molar-refractivity contribution in [2.24, 2.45) is 5.92 Å². The van der Waals surface area contributed by atoms with Crippen LogP contribution in [-0.4, -0.2) is 24.7 Å². The zero-order valence-corrected chi connectivity index (χ0v) is 8.84. The Morgan fingerprint density at radius 2 is 2.36 bits per heavy atom. The molecule has 3 aliphatic rings. The normalized spacial score (nSPS) is 34.8. The fourth-order valence-corrected chi connectivity index (χ4v) is 2.80. The van der Waals surface area contributed by atoms with Crippen LogP contribution in [0.1, 0.15) is 39.0 Å². The largest absolute Gasteiger partial charge is 0.466 e. The highest BCUT2D eigenvalue weighted by molar-refractivity contribution is 5.69. The molecule has 0 amide bonds. The first-order valence-electron chi connectivity index (χ1n) is 5.65. The molecular formula is C11H19NO2. The molecule has 1 saturated carbocycles. The van der Waals surface area contributed by atoms with Gasteiger partial charge < -0.3 is 10.1 Å². The molecule has 2 aliphatic heterocycles. The molecule has 3 rings (SSSR count). The van der Waals surface area contributed by atoms with Gasteiger partial charge in [0.2, 0.25) is 0 Å². The van der Waals surface area contributed by atoms with Gasteiger partial charge in [-0.3, -0.25) is 4.79 Å². The summed E-state index contributed by atoms with van der Waals surface area (Å²) in [4.78, 5) is 11.2. The molecule has 0 aromatic carbocycles. The number of nitrogens with one attached hydrogen (secondary N) is 1. The van der Waals surface area contributed by atoms with Crippen LogP contribution in [0.5, 0.6) is 0 Å². The van der Waals surface area contributed by atoms with Crippen molar-refractivity contribution in [2.75, 3.05) is 13.2 Å². The van der Waals surface area contributed by atoms with Crippen molar-refractivity contribution >= 4 is 5.97 Å². The Bertz CT molecular complexity index is 216. The van der Waals surface area contributed by atoms with Crippen LogP contribution in [0.2, 0.25) is 0 Å². The van der Waals surface area contributed by atoms with Gasteiger partial charge in [-0.05, 0) is 45.1 Å². The first-order valence-corrected chi connectivity index (χ1v) is 5.65. The highest BCUT2D eigenvalue weighted by atomic mass is 16.5. The lowest BCUT2D eigenvalue weighted by Crippen LogP contribution is -2.60. The second-order valence-electron chi connectivity index (χ2n) is 4.58. The standard InChI is InChI=1S/C11H19NO2/c1-2-14-10(13)3-5-11-7-9(8-11)4-6-12-11/h9,12H,2-8H2,1H3. The quantitative estimate of drug-likeness (QED) is 0.694. The van der Waals surface area contributed by atoms with Gasteiger partial charge >= 0.3 is 5.97 Å². The van der Waals surface area contributed by atoms with E-state index in [9.17, 15) is 4.79 Å². The summed E-state index contributed by atoms with van der Waals surface area (Å²) in [6.07, 6.45) is 5.40. The summed E-state index contributed by atoms with van der Waals surface area (Å²) >= 11 is 0. The van der Waals surface area contributed by atoms with Crippen molar-refractivity contribution in [3.05, 3.63) is 0 Å². The summed E-state index contributed by atoms with van der Waals surface area (Å²) in [6, 6.07) is 0. The third kappa shape index (κ3) is 1.92. The van der Waals surface area contributed by atoms with E-state index in [1.807, 2.05) is 6.92 Å². The minimum atomic E-state index is -0.0438. The monoisotopic (exact) mass is 197 g/mol. The van der Waals surface area contributed by atoms with Crippen molar-refractivity contribution in [1.82, 2.24) is 5.32 Å². The Hall–Kier alpha value is -0.570. The van der Waals surface area contributed by atoms with E-state index in [-0.39, 0.29) is 5.97 Å². The molecule has 0 aromatic heterocycles. The van der Waals surface area contributed by atoms with E-state index in [1.165, 1.54) is 19.3 Å². The number of rotatable bonds is 4. The van der Waals surface area contributed by atoms with Crippen LogP contribution in [0, 0.1) is 5.92 Å². The van der Waals surface area contributed by atoms with E-state index >= 15 is 0 Å². The van der Waals surface area contributed by atoms with Crippen LogP contribution in [0.15, 0.2) is 0 Å². The van der Waals surface area contributed by atoms with Gasteiger partial charge in [-0.25, -0.2) is 0 Å². The first-order chi connectivity index (χ1) is 6.74. The molecule has 0 spiro atoms. The number of esters is 1. The van der Waals surface area contributed by atoms with E-state index in [0.29, 0.717) is 18.6 Å². The maximum atomic E-state index is 11.2. The predicted octanol–water partition coefficient (Wildman–Crippen LogP) is 1.47. The van der Waals surface area contributed by atoms with Gasteiger partial charge in [0.25, 0.3) is 0 Å². The van der Waals surface area contributed by atoms with Gasteiger partial charge in [-0.1, -0.05) is 0 Å². The maximum absolute atomic E-state index is 11.2. The van der Waals surface area contributed by atoms with Gasteiger partial charge in [0.15, 0.2) is 0 Å². The average Bonchev–Trinajstić information content (AvgIpc) is 2.15. The van der Waals surface area contributed by atoms with Crippen molar-refractivity contribution in [2.45, 2.75) is 44.6 Å². The Morgan fingerprint density at radius 3 is 2.93 bits per heavy atom. The number of carbonyl (C=O) groups excluding carboxylic acids is 1. The Labute approximate surface area is 85.2 Å². The molecule has 14 heavy (non-hydrogen) atoms. The topological polar surface area (TPSA) is 38.3 Å². The first kappa shape index (κ1) is 9.97. The SMILES string of the molecule is CCOC(=O)CCC12CC(CCN1)C2. The van der Waals surface area contributed by atoms with Crippen LogP contribution in [0.25, 0.3) is 0 Å². The minimum Gasteiger partial charge on any atom is -0.466 e. The smallest absolute Gasteiger partial charge is 0.305 e. The fourth-order valence-electron chi connectivity index (χ4n) is 2.80. The number of hydrogen-bond acceptors (Lipinski definition) is 3. The van der Waals surface area contributed by atoms with Crippen molar-refractivity contribution in [3.63, 3.8) is 0 Å². The zero-order valence-electron chi connectivity index (χ0n) is 8.84. The second kappa shape index (κ2) is 3.89. The molecule has 3 nitrogen and oxygen atoms in total. The van der Waals surface area contributed by atoms with E-state index in [4.69, 9.17) is 4.74 Å². The molecule has 2 bridgehead atoms. The Kier molecular flexibility index (Phi) is 2.77. The summed E-state index contributed by atoms with van der Waals surface area (Å²) in [5.74, 6) is 0.885. The van der Waals surface area contributed by atoms with Gasteiger partial charge in [-0.15, -0.1) is 0 Å². The van der Waals surface area contributed by atoms with E-state index < -0.39 is 0 Å². The number of carbonyl (C=O) groups is 1. The average molecular weight is 197 g/mol. The minimum absolute atomic E-state index is 0.0438. The van der Waals surface area contributed by atoms with Crippen LogP contribution in [0.3, 0.4) is 0 Å². The molecule has 0 unspecified atom stereocenters. The summed E-state index contributed by atoms with van der Waals surface area (Å²) in [6.45, 7) is 3.49. The Balaban J connectivity index is 1.72. The molecule has 0 aromatic rings. The van der Waals surface area contributed by atoms with E-state index in [2.05, 4.69) is 5.32 Å². The Morgan fingerprint density at radius 1 is 1.57 bits per heavy atom. The third-order valence-electron chi connectivity index (χ3n) is 3.52. The van der Waals surface area contributed by atoms with Gasteiger partial charge in [0.05, 0.1) is 6.61 Å². The summed E-state index contributed by atoms with van der Waals surface area (Å²) in [5.41, 5.74) is 0.301. The van der Waals surface area contributed by atoms with Crippen LogP contribution < -0.4 is 5.32 Å². The van der Waals surface area contributed by atoms with Gasteiger partial charge in [0.1, 0.15) is 0 Å². The number of hydrogen-bond donors (Lipinski definition) is 1. The van der Waals surface area contributed by atoms with Crippen LogP contribution in [0.4, 0.5) is 0 Å². The molecule has 2 saturated heterocycles. The molecule has 1 aliphatic carbocycles. The maximum Gasteiger partial charge on any atom is 0.305 e. The molecular weight excluding hydrogens is 178 g/mol. The summed E-state index contributed by atoms with van der Waals surface area (Å²) in [7, 11) is 0. The van der Waals surface area contributed by atoms with Crippen molar-refractivity contribution in [3.8, 4) is 0 Å². The molecule has 0 radical (unpaired) electrons. The molecule has 2 heterocycles. The molecule has 0 atom stereocenters. The lowest BCUT2D eigenvalue weighted by atomic mass is 9.62. The van der Waals surface area contributed by atoms with E-state index in [0.717, 1.165) is 18.9 Å². The number of fused-ring (bicyclic) bond motifs is 2. The van der Waals surface area contributed by atoms with E-state index in [1.54, 1.807) is 0 Å². The lowest BCUT2D eigenvalue weighted by Gasteiger charge is -2.53. The van der Waals surface area contributed by atoms with Gasteiger partial charge in [0, 0.05) is 12.0 Å². The van der Waals surface area contributed by atoms with Crippen LogP contribution >= 0.6 is 0 Å². The number of piperidine rings is 2. The molecule has 3 fully saturated rings. The van der Waals surface area contributed by atoms with Crippen molar-refractivity contribution < 1.29 is 9.53 Å². The van der Waals surface area contributed by atoms with Crippen molar-refractivity contribution in [1.29, 1.82) is 0 Å². The predicted molar refractivity (Wildman–Crippen MR) is 53.9 cm³/mol. The highest BCUT2D eigenvalue weighted by Crippen LogP contribution is 2.45. The second-order valence-corrected chi connectivity index (χ2v) is 4.58. The third-order valence-corrected chi connectivity index (χ3v) is 3.52. The fraction of sp³-hybridized carbons (Fsp3) is 0.909. The lowest BCUT2D eigenvalue weighted by molar-refractivity contribution is -0.144. The summed E-state index contributed by atoms with van der Waals surface area (Å²) in [5, 5.41) is 3.55. The van der Waals surface area contributed by atoms with Crippen LogP contribution in [-0.2, 0) is 9.53 Å². The molecule has 3 heteroatoms.